The van der Waals surface area contributed by atoms with Gasteiger partial charge in [-0.25, -0.2) is 4.79 Å². The van der Waals surface area contributed by atoms with Crippen molar-refractivity contribution in [1.29, 1.82) is 0 Å². The van der Waals surface area contributed by atoms with E-state index in [1.807, 2.05) is 36.4 Å². The molecule has 1 aliphatic rings. The van der Waals surface area contributed by atoms with Gasteiger partial charge in [0.25, 0.3) is 0 Å². The van der Waals surface area contributed by atoms with Gasteiger partial charge in [-0.05, 0) is 36.5 Å². The van der Waals surface area contributed by atoms with Gasteiger partial charge in [0.1, 0.15) is 18.1 Å². The van der Waals surface area contributed by atoms with Crippen LogP contribution in [0.25, 0.3) is 0 Å². The number of nitrogens with zero attached hydrogens (tertiary/aromatic N) is 1. The van der Waals surface area contributed by atoms with E-state index in [1.54, 1.807) is 23.1 Å². The van der Waals surface area contributed by atoms with E-state index in [1.165, 1.54) is 0 Å². The molecule has 0 unspecified atom stereocenters. The van der Waals surface area contributed by atoms with Crippen LogP contribution < -0.4 is 4.74 Å². The van der Waals surface area contributed by atoms with Crippen molar-refractivity contribution < 1.29 is 19.4 Å². The number of piperidine rings is 1. The van der Waals surface area contributed by atoms with E-state index < -0.39 is 0 Å². The van der Waals surface area contributed by atoms with Crippen LogP contribution in [0.4, 0.5) is 4.79 Å². The first kappa shape index (κ1) is 17.1. The molecule has 0 aromatic heterocycles. The predicted molar refractivity (Wildman–Crippen MR) is 94.5 cm³/mol. The van der Waals surface area contributed by atoms with Gasteiger partial charge >= 0.3 is 6.09 Å². The molecule has 5 nitrogen and oxygen atoms in total. The number of aromatic hydroxyl groups is 1. The maximum atomic E-state index is 12.1. The number of phenolic OH excluding ortho intramolecular Hbond substituents is 1. The summed E-state index contributed by atoms with van der Waals surface area (Å²) < 4.78 is 11.1. The molecule has 132 valence electrons. The van der Waals surface area contributed by atoms with Crippen molar-refractivity contribution in [3.05, 3.63) is 60.2 Å². The standard InChI is InChI=1S/C20H23NO4/c22-18-7-4-8-19(13-18)24-14-17-9-11-21(12-10-17)20(23)25-15-16-5-2-1-3-6-16/h1-8,13,17,22H,9-12,14-15H2. The van der Waals surface area contributed by atoms with Gasteiger partial charge in [-0.1, -0.05) is 36.4 Å². The van der Waals surface area contributed by atoms with Crippen LogP contribution in [0.2, 0.25) is 0 Å². The van der Waals surface area contributed by atoms with Crippen LogP contribution in [0, 0.1) is 5.92 Å². The summed E-state index contributed by atoms with van der Waals surface area (Å²) in [6.45, 7) is 2.26. The summed E-state index contributed by atoms with van der Waals surface area (Å²) in [4.78, 5) is 13.9. The second-order valence-electron chi connectivity index (χ2n) is 6.28. The van der Waals surface area contributed by atoms with Crippen molar-refractivity contribution in [2.24, 2.45) is 5.92 Å². The van der Waals surface area contributed by atoms with Crippen molar-refractivity contribution in [3.63, 3.8) is 0 Å². The third-order valence-corrected chi connectivity index (χ3v) is 4.38. The van der Waals surface area contributed by atoms with Crippen molar-refractivity contribution in [2.75, 3.05) is 19.7 Å². The zero-order valence-corrected chi connectivity index (χ0v) is 14.1. The minimum absolute atomic E-state index is 0.202. The second kappa shape index (κ2) is 8.42. The van der Waals surface area contributed by atoms with E-state index in [0.29, 0.717) is 38.0 Å². The Kier molecular flexibility index (Phi) is 5.77. The lowest BCUT2D eigenvalue weighted by Crippen LogP contribution is -2.39. The van der Waals surface area contributed by atoms with Crippen LogP contribution in [0.5, 0.6) is 11.5 Å². The molecule has 1 N–H and O–H groups in total. The summed E-state index contributed by atoms with van der Waals surface area (Å²) in [6.07, 6.45) is 1.52. The average molecular weight is 341 g/mol. The zero-order valence-electron chi connectivity index (χ0n) is 14.1. The molecular weight excluding hydrogens is 318 g/mol. The molecule has 1 saturated heterocycles. The highest BCUT2D eigenvalue weighted by Gasteiger charge is 2.24. The van der Waals surface area contributed by atoms with Gasteiger partial charge in [-0.2, -0.15) is 0 Å². The first-order valence-corrected chi connectivity index (χ1v) is 8.58. The topological polar surface area (TPSA) is 59.0 Å². The molecule has 1 fully saturated rings. The highest BCUT2D eigenvalue weighted by atomic mass is 16.6. The minimum Gasteiger partial charge on any atom is -0.508 e. The van der Waals surface area contributed by atoms with Crippen molar-refractivity contribution in [3.8, 4) is 11.5 Å². The fraction of sp³-hybridized carbons (Fsp3) is 0.350. The first-order chi connectivity index (χ1) is 12.2. The van der Waals surface area contributed by atoms with Crippen molar-refractivity contribution >= 4 is 6.09 Å². The number of carbonyl (C=O) groups excluding carboxylic acids is 1. The SMILES string of the molecule is O=C(OCc1ccccc1)N1CCC(COc2cccc(O)c2)CC1. The Labute approximate surface area is 147 Å². The van der Waals surface area contributed by atoms with Crippen LogP contribution in [0.15, 0.2) is 54.6 Å². The largest absolute Gasteiger partial charge is 0.508 e. The minimum atomic E-state index is -0.254. The van der Waals surface area contributed by atoms with Crippen LogP contribution >= 0.6 is 0 Å². The third kappa shape index (κ3) is 5.14. The number of phenols is 1. The summed E-state index contributed by atoms with van der Waals surface area (Å²) in [7, 11) is 0. The first-order valence-electron chi connectivity index (χ1n) is 8.58. The highest BCUT2D eigenvalue weighted by Crippen LogP contribution is 2.22. The predicted octanol–water partition coefficient (Wildman–Crippen LogP) is 3.82. The smallest absolute Gasteiger partial charge is 0.410 e. The lowest BCUT2D eigenvalue weighted by Gasteiger charge is -2.31. The van der Waals surface area contributed by atoms with Gasteiger partial charge in [0.05, 0.1) is 6.61 Å². The zero-order chi connectivity index (χ0) is 17.5. The number of benzene rings is 2. The van der Waals surface area contributed by atoms with Crippen LogP contribution in [-0.2, 0) is 11.3 Å². The van der Waals surface area contributed by atoms with Crippen LogP contribution in [-0.4, -0.2) is 35.8 Å². The molecule has 3 rings (SSSR count). The highest BCUT2D eigenvalue weighted by molar-refractivity contribution is 5.67. The Morgan fingerprint density at radius 3 is 2.56 bits per heavy atom. The van der Waals surface area contributed by atoms with Gasteiger partial charge in [0.2, 0.25) is 0 Å². The van der Waals surface area contributed by atoms with Gasteiger partial charge in [0, 0.05) is 19.2 Å². The van der Waals surface area contributed by atoms with Crippen LogP contribution in [0.1, 0.15) is 18.4 Å². The Hall–Kier alpha value is -2.69. The summed E-state index contributed by atoms with van der Waals surface area (Å²) in [5.74, 6) is 1.28. The van der Waals surface area contributed by atoms with E-state index >= 15 is 0 Å². The average Bonchev–Trinajstić information content (AvgIpc) is 2.66. The molecule has 2 aromatic carbocycles. The molecule has 1 amide bonds. The van der Waals surface area contributed by atoms with E-state index in [0.717, 1.165) is 18.4 Å². The van der Waals surface area contributed by atoms with E-state index in [-0.39, 0.29) is 11.8 Å². The summed E-state index contributed by atoms with van der Waals surface area (Å²) in [5.41, 5.74) is 0.991. The summed E-state index contributed by atoms with van der Waals surface area (Å²) >= 11 is 0. The second-order valence-corrected chi connectivity index (χ2v) is 6.28. The molecule has 0 radical (unpaired) electrons. The number of ether oxygens (including phenoxy) is 2. The fourth-order valence-electron chi connectivity index (χ4n) is 2.88. The molecule has 0 atom stereocenters. The number of likely N-dealkylation sites (tertiary alicyclic amines) is 1. The van der Waals surface area contributed by atoms with E-state index in [4.69, 9.17) is 9.47 Å². The fourth-order valence-corrected chi connectivity index (χ4v) is 2.88. The Bertz CT molecular complexity index is 681. The molecule has 0 aliphatic carbocycles. The van der Waals surface area contributed by atoms with E-state index in [2.05, 4.69) is 0 Å². The molecule has 1 heterocycles. The lowest BCUT2D eigenvalue weighted by molar-refractivity contribution is 0.0761. The number of amides is 1. The van der Waals surface area contributed by atoms with Crippen molar-refractivity contribution in [2.45, 2.75) is 19.4 Å². The monoisotopic (exact) mass is 341 g/mol. The molecular formula is C20H23NO4. The summed E-state index contributed by atoms with van der Waals surface area (Å²) in [5, 5.41) is 9.44. The number of hydrogen-bond acceptors (Lipinski definition) is 4. The normalized spacial score (nSPS) is 15.0. The number of carbonyl (C=O) groups is 1. The van der Waals surface area contributed by atoms with Gasteiger partial charge < -0.3 is 19.5 Å². The maximum absolute atomic E-state index is 12.1. The molecule has 5 heteroatoms. The molecule has 1 aliphatic heterocycles. The number of rotatable bonds is 5. The third-order valence-electron chi connectivity index (χ3n) is 4.38. The number of hydrogen-bond donors (Lipinski definition) is 1. The Morgan fingerprint density at radius 1 is 1.08 bits per heavy atom. The molecule has 25 heavy (non-hydrogen) atoms. The molecule has 0 saturated carbocycles. The van der Waals surface area contributed by atoms with Gasteiger partial charge in [0.15, 0.2) is 0 Å². The maximum Gasteiger partial charge on any atom is 0.410 e. The lowest BCUT2D eigenvalue weighted by atomic mass is 9.98. The molecule has 0 spiro atoms. The van der Waals surface area contributed by atoms with Gasteiger partial charge in [-0.15, -0.1) is 0 Å². The Morgan fingerprint density at radius 2 is 1.84 bits per heavy atom. The molecule has 2 aromatic rings. The van der Waals surface area contributed by atoms with Gasteiger partial charge in [-0.3, -0.25) is 0 Å². The van der Waals surface area contributed by atoms with E-state index in [9.17, 15) is 9.90 Å². The van der Waals surface area contributed by atoms with Crippen LogP contribution in [0.3, 0.4) is 0 Å². The summed E-state index contributed by atoms with van der Waals surface area (Å²) in [6, 6.07) is 16.5. The Balaban J connectivity index is 1.38. The quantitative estimate of drug-likeness (QED) is 0.898. The molecule has 0 bridgehead atoms. The van der Waals surface area contributed by atoms with Crippen molar-refractivity contribution in [1.82, 2.24) is 4.90 Å².